The van der Waals surface area contributed by atoms with Crippen LogP contribution in [-0.2, 0) is 17.8 Å². The number of benzene rings is 1. The fraction of sp³-hybridized carbons (Fsp3) is 0.333. The molecule has 2 aromatic rings. The zero-order valence-corrected chi connectivity index (χ0v) is 14.6. The minimum Gasteiger partial charge on any atom is -0.497 e. The van der Waals surface area contributed by atoms with Crippen LogP contribution >= 0.6 is 11.3 Å². The molecule has 0 fully saturated rings. The molecular weight excluding hydrogens is 324 g/mol. The Labute approximate surface area is 144 Å². The Morgan fingerprint density at radius 1 is 1.38 bits per heavy atom. The first-order chi connectivity index (χ1) is 11.4. The number of carbonyl (C=O) groups excluding carboxylic acids is 1. The Morgan fingerprint density at radius 2 is 2.08 bits per heavy atom. The molecule has 1 aromatic heterocycles. The number of nitrogens with zero attached hydrogens (tertiary/aromatic N) is 1. The van der Waals surface area contributed by atoms with E-state index in [2.05, 4.69) is 11.4 Å². The third-order valence-electron chi connectivity index (χ3n) is 3.98. The standard InChI is InChI=1S/C18H18N2O3S/c1-18(2)8-13-14(9-19)17(24-15(13)10-23-18)20-16(21)11-4-6-12(22-3)7-5-11/h4-7H,8,10H2,1-3H3,(H,20,21). The van der Waals surface area contributed by atoms with E-state index in [1.807, 2.05) is 13.8 Å². The number of amides is 1. The molecule has 0 saturated carbocycles. The smallest absolute Gasteiger partial charge is 0.256 e. The van der Waals surface area contributed by atoms with Crippen molar-refractivity contribution in [3.63, 3.8) is 0 Å². The molecule has 0 atom stereocenters. The van der Waals surface area contributed by atoms with Gasteiger partial charge in [-0.25, -0.2) is 0 Å². The highest BCUT2D eigenvalue weighted by Gasteiger charge is 2.31. The van der Waals surface area contributed by atoms with Crippen molar-refractivity contribution in [3.8, 4) is 11.8 Å². The van der Waals surface area contributed by atoms with E-state index in [1.165, 1.54) is 11.3 Å². The molecule has 0 radical (unpaired) electrons. The lowest BCUT2D eigenvalue weighted by atomic mass is 9.93. The molecule has 0 bridgehead atoms. The number of carbonyl (C=O) groups is 1. The van der Waals surface area contributed by atoms with Gasteiger partial charge in [-0.2, -0.15) is 5.26 Å². The van der Waals surface area contributed by atoms with Crippen LogP contribution in [0.4, 0.5) is 5.00 Å². The van der Waals surface area contributed by atoms with Crippen LogP contribution in [0.15, 0.2) is 24.3 Å². The van der Waals surface area contributed by atoms with E-state index in [0.29, 0.717) is 34.9 Å². The molecule has 24 heavy (non-hydrogen) atoms. The quantitative estimate of drug-likeness (QED) is 0.922. The second-order valence-electron chi connectivity index (χ2n) is 6.23. The molecule has 1 aromatic carbocycles. The van der Waals surface area contributed by atoms with Gasteiger partial charge in [0.25, 0.3) is 5.91 Å². The van der Waals surface area contributed by atoms with E-state index in [1.54, 1.807) is 31.4 Å². The number of hydrogen-bond donors (Lipinski definition) is 1. The number of ether oxygens (including phenoxy) is 2. The molecule has 124 valence electrons. The van der Waals surface area contributed by atoms with Gasteiger partial charge in [-0.15, -0.1) is 11.3 Å². The summed E-state index contributed by atoms with van der Waals surface area (Å²) in [5.41, 5.74) is 1.76. The summed E-state index contributed by atoms with van der Waals surface area (Å²) < 4.78 is 10.9. The lowest BCUT2D eigenvalue weighted by molar-refractivity contribution is -0.0383. The summed E-state index contributed by atoms with van der Waals surface area (Å²) in [5.74, 6) is 0.447. The summed E-state index contributed by atoms with van der Waals surface area (Å²) >= 11 is 1.41. The molecule has 0 spiro atoms. The van der Waals surface area contributed by atoms with Gasteiger partial charge in [0.2, 0.25) is 0 Å². The first-order valence-electron chi connectivity index (χ1n) is 7.57. The van der Waals surface area contributed by atoms with E-state index in [9.17, 15) is 10.1 Å². The van der Waals surface area contributed by atoms with Crippen molar-refractivity contribution in [2.45, 2.75) is 32.5 Å². The van der Waals surface area contributed by atoms with Crippen LogP contribution < -0.4 is 10.1 Å². The molecule has 1 aliphatic heterocycles. The average Bonchev–Trinajstić information content (AvgIpc) is 2.89. The SMILES string of the molecule is COc1ccc(C(=O)Nc2sc3c(c2C#N)CC(C)(C)OC3)cc1. The van der Waals surface area contributed by atoms with E-state index in [-0.39, 0.29) is 11.5 Å². The summed E-state index contributed by atoms with van der Waals surface area (Å²) in [4.78, 5) is 13.4. The Morgan fingerprint density at radius 3 is 2.71 bits per heavy atom. The first kappa shape index (κ1) is 16.5. The Balaban J connectivity index is 1.86. The Kier molecular flexibility index (Phi) is 4.31. The molecule has 0 saturated heterocycles. The van der Waals surface area contributed by atoms with Gasteiger partial charge in [-0.1, -0.05) is 0 Å². The molecule has 3 rings (SSSR count). The van der Waals surface area contributed by atoms with E-state index in [4.69, 9.17) is 9.47 Å². The molecule has 0 unspecified atom stereocenters. The second kappa shape index (κ2) is 6.27. The minimum absolute atomic E-state index is 0.243. The molecule has 2 heterocycles. The van der Waals surface area contributed by atoms with Crippen molar-refractivity contribution < 1.29 is 14.3 Å². The molecule has 5 nitrogen and oxygen atoms in total. The summed E-state index contributed by atoms with van der Waals surface area (Å²) in [7, 11) is 1.58. The fourth-order valence-corrected chi connectivity index (χ4v) is 3.75. The van der Waals surface area contributed by atoms with Gasteiger partial charge in [-0.3, -0.25) is 4.79 Å². The van der Waals surface area contributed by atoms with Crippen molar-refractivity contribution in [2.24, 2.45) is 0 Å². The molecule has 1 amide bonds. The second-order valence-corrected chi connectivity index (χ2v) is 7.33. The van der Waals surface area contributed by atoms with Crippen molar-refractivity contribution >= 4 is 22.2 Å². The first-order valence-corrected chi connectivity index (χ1v) is 8.39. The maximum absolute atomic E-state index is 12.4. The van der Waals surface area contributed by atoms with Crippen LogP contribution in [0.5, 0.6) is 5.75 Å². The van der Waals surface area contributed by atoms with Crippen LogP contribution in [0, 0.1) is 11.3 Å². The third-order valence-corrected chi connectivity index (χ3v) is 5.10. The van der Waals surface area contributed by atoms with E-state index < -0.39 is 0 Å². The van der Waals surface area contributed by atoms with Gasteiger partial charge < -0.3 is 14.8 Å². The summed E-state index contributed by atoms with van der Waals surface area (Å²) in [6, 6.07) is 9.09. The zero-order valence-electron chi connectivity index (χ0n) is 13.8. The van der Waals surface area contributed by atoms with Gasteiger partial charge in [0.15, 0.2) is 0 Å². The van der Waals surface area contributed by atoms with E-state index >= 15 is 0 Å². The van der Waals surface area contributed by atoms with Crippen molar-refractivity contribution in [1.29, 1.82) is 5.26 Å². The number of nitrogens with one attached hydrogen (secondary N) is 1. The van der Waals surface area contributed by atoms with E-state index in [0.717, 1.165) is 10.4 Å². The van der Waals surface area contributed by atoms with Gasteiger partial charge in [0.1, 0.15) is 16.8 Å². The predicted octanol–water partition coefficient (Wildman–Crippen LogP) is 3.73. The topological polar surface area (TPSA) is 71.3 Å². The highest BCUT2D eigenvalue weighted by molar-refractivity contribution is 7.16. The number of anilines is 1. The number of hydrogen-bond acceptors (Lipinski definition) is 5. The lowest BCUT2D eigenvalue weighted by Crippen LogP contribution is -2.31. The molecule has 1 N–H and O–H groups in total. The van der Waals surface area contributed by atoms with Crippen molar-refractivity contribution in [3.05, 3.63) is 45.8 Å². The molecular formula is C18H18N2O3S. The molecule has 1 aliphatic rings. The largest absolute Gasteiger partial charge is 0.497 e. The van der Waals surface area contributed by atoms with Gasteiger partial charge in [0, 0.05) is 16.9 Å². The van der Waals surface area contributed by atoms with Crippen LogP contribution in [-0.4, -0.2) is 18.6 Å². The summed E-state index contributed by atoms with van der Waals surface area (Å²) in [6.07, 6.45) is 0.667. The Hall–Kier alpha value is -2.36. The van der Waals surface area contributed by atoms with Gasteiger partial charge >= 0.3 is 0 Å². The van der Waals surface area contributed by atoms with Crippen molar-refractivity contribution in [1.82, 2.24) is 0 Å². The monoisotopic (exact) mass is 342 g/mol. The maximum atomic E-state index is 12.4. The van der Waals surface area contributed by atoms with Gasteiger partial charge in [0.05, 0.1) is 24.9 Å². The maximum Gasteiger partial charge on any atom is 0.256 e. The average molecular weight is 342 g/mol. The van der Waals surface area contributed by atoms with Crippen LogP contribution in [0.2, 0.25) is 0 Å². The number of rotatable bonds is 3. The third kappa shape index (κ3) is 3.14. The lowest BCUT2D eigenvalue weighted by Gasteiger charge is -2.29. The minimum atomic E-state index is -0.295. The number of thiophene rings is 1. The van der Waals surface area contributed by atoms with Crippen molar-refractivity contribution in [2.75, 3.05) is 12.4 Å². The fourth-order valence-electron chi connectivity index (χ4n) is 2.68. The molecule has 0 aliphatic carbocycles. The Bertz CT molecular complexity index is 816. The zero-order chi connectivity index (χ0) is 17.3. The summed E-state index contributed by atoms with van der Waals surface area (Å²) in [5, 5.41) is 13.0. The number of nitriles is 1. The van der Waals surface area contributed by atoms with Crippen LogP contribution in [0.1, 0.15) is 40.2 Å². The number of fused-ring (bicyclic) bond motifs is 1. The normalized spacial score (nSPS) is 15.2. The van der Waals surface area contributed by atoms with Gasteiger partial charge in [-0.05, 0) is 43.7 Å². The molecule has 6 heteroatoms. The highest BCUT2D eigenvalue weighted by Crippen LogP contribution is 2.40. The summed E-state index contributed by atoms with van der Waals surface area (Å²) in [6.45, 7) is 4.48. The van der Waals surface area contributed by atoms with Crippen LogP contribution in [0.3, 0.4) is 0 Å². The van der Waals surface area contributed by atoms with Crippen LogP contribution in [0.25, 0.3) is 0 Å². The predicted molar refractivity (Wildman–Crippen MR) is 92.6 cm³/mol. The highest BCUT2D eigenvalue weighted by atomic mass is 32.1. The number of methoxy groups -OCH3 is 1.